The molecule has 4 rings (SSSR count). The molecule has 3 aliphatic heterocycles. The van der Waals surface area contributed by atoms with Crippen LogP contribution in [0.15, 0.2) is 5.51 Å². The highest BCUT2D eigenvalue weighted by atomic mass is 32.1. The second kappa shape index (κ2) is 5.88. The zero-order valence-electron chi connectivity index (χ0n) is 12.7. The van der Waals surface area contributed by atoms with Crippen molar-refractivity contribution in [1.82, 2.24) is 14.9 Å². The lowest BCUT2D eigenvalue weighted by Gasteiger charge is -2.22. The number of carbonyl (C=O) groups excluding carboxylic acids is 1. The molecule has 0 aliphatic carbocycles. The van der Waals surface area contributed by atoms with E-state index < -0.39 is 0 Å². The van der Waals surface area contributed by atoms with Crippen LogP contribution in [0.2, 0.25) is 0 Å². The van der Waals surface area contributed by atoms with Crippen LogP contribution in [0.1, 0.15) is 17.0 Å². The molecule has 3 saturated heterocycles. The Balaban J connectivity index is 1.40. The minimum atomic E-state index is -0.0457. The van der Waals surface area contributed by atoms with Crippen LogP contribution in [-0.4, -0.2) is 59.8 Å². The number of ether oxygens (including phenoxy) is 1. The second-order valence-electron chi connectivity index (χ2n) is 6.32. The number of aryl methyl sites for hydroxylation is 1. The molecule has 120 valence electrons. The van der Waals surface area contributed by atoms with Gasteiger partial charge < -0.3 is 4.74 Å². The van der Waals surface area contributed by atoms with E-state index in [1.54, 1.807) is 16.4 Å². The maximum Gasteiger partial charge on any atom is 0.251 e. The quantitative estimate of drug-likeness (QED) is 0.833. The van der Waals surface area contributed by atoms with Crippen molar-refractivity contribution in [1.29, 1.82) is 0 Å². The number of likely N-dealkylation sites (tertiary alicyclic amines) is 1. The predicted octanol–water partition coefficient (Wildman–Crippen LogP) is 1.06. The Kier molecular flexibility index (Phi) is 3.89. The summed E-state index contributed by atoms with van der Waals surface area (Å²) in [5.41, 5.74) is 3.01. The molecule has 1 aromatic rings. The highest BCUT2D eigenvalue weighted by Crippen LogP contribution is 2.36. The Bertz CT molecular complexity index is 558. The topological polar surface area (TPSA) is 54.9 Å². The van der Waals surface area contributed by atoms with Crippen LogP contribution in [0.4, 0.5) is 0 Å². The van der Waals surface area contributed by atoms with Gasteiger partial charge in [0.1, 0.15) is 0 Å². The molecule has 4 heterocycles. The van der Waals surface area contributed by atoms with E-state index >= 15 is 0 Å². The molecule has 0 radical (unpaired) electrons. The highest BCUT2D eigenvalue weighted by molar-refractivity contribution is 7.09. The molecule has 3 atom stereocenters. The molecule has 1 amide bonds. The Morgan fingerprint density at radius 2 is 2.41 bits per heavy atom. The van der Waals surface area contributed by atoms with Crippen molar-refractivity contribution in [2.45, 2.75) is 26.0 Å². The zero-order chi connectivity index (χ0) is 15.1. The van der Waals surface area contributed by atoms with E-state index in [1.807, 2.05) is 5.51 Å². The molecule has 1 aromatic heterocycles. The fourth-order valence-electron chi connectivity index (χ4n) is 3.66. The van der Waals surface area contributed by atoms with Crippen LogP contribution in [0.3, 0.4) is 0 Å². The van der Waals surface area contributed by atoms with E-state index in [9.17, 15) is 4.79 Å². The van der Waals surface area contributed by atoms with Gasteiger partial charge in [0.05, 0.1) is 43.0 Å². The number of thiazole rings is 1. The number of hydrogen-bond acceptors (Lipinski definition) is 6. The van der Waals surface area contributed by atoms with Crippen molar-refractivity contribution in [3.63, 3.8) is 0 Å². The van der Waals surface area contributed by atoms with Gasteiger partial charge in [-0.2, -0.15) is 0 Å². The minimum Gasteiger partial charge on any atom is -0.376 e. The molecular formula is C15H21N3O3S. The van der Waals surface area contributed by atoms with E-state index in [0.29, 0.717) is 19.1 Å². The van der Waals surface area contributed by atoms with Gasteiger partial charge in [-0.3, -0.25) is 14.5 Å². The zero-order valence-corrected chi connectivity index (χ0v) is 13.6. The monoisotopic (exact) mass is 323 g/mol. The van der Waals surface area contributed by atoms with Crippen molar-refractivity contribution in [3.8, 4) is 0 Å². The molecular weight excluding hydrogens is 302 g/mol. The summed E-state index contributed by atoms with van der Waals surface area (Å²) >= 11 is 1.70. The number of rotatable bonds is 3. The van der Waals surface area contributed by atoms with Crippen LogP contribution >= 0.6 is 11.3 Å². The number of amides is 1. The van der Waals surface area contributed by atoms with Gasteiger partial charge in [0.15, 0.2) is 0 Å². The van der Waals surface area contributed by atoms with Gasteiger partial charge in [-0.15, -0.1) is 11.3 Å². The third-order valence-corrected chi connectivity index (χ3v) is 5.84. The normalized spacial score (nSPS) is 31.9. The lowest BCUT2D eigenvalue weighted by atomic mass is 9.92. The molecule has 0 unspecified atom stereocenters. The number of nitrogens with zero attached hydrogens (tertiary/aromatic N) is 3. The fraction of sp³-hybridized carbons (Fsp3) is 0.733. The Morgan fingerprint density at radius 3 is 3.14 bits per heavy atom. The minimum absolute atomic E-state index is 0.0457. The van der Waals surface area contributed by atoms with Crippen LogP contribution in [0.25, 0.3) is 0 Å². The summed E-state index contributed by atoms with van der Waals surface area (Å²) in [4.78, 5) is 26.0. The summed E-state index contributed by atoms with van der Waals surface area (Å²) in [6.45, 7) is 6.71. The number of fused-ring (bicyclic) bond motifs is 1. The maximum absolute atomic E-state index is 12.6. The lowest BCUT2D eigenvalue weighted by molar-refractivity contribution is -0.174. The van der Waals surface area contributed by atoms with Gasteiger partial charge in [0, 0.05) is 30.4 Å². The second-order valence-corrected chi connectivity index (χ2v) is 7.26. The summed E-state index contributed by atoms with van der Waals surface area (Å²) in [5.74, 6) is 0.362. The molecule has 6 nitrogen and oxygen atoms in total. The SMILES string of the molecule is Cc1ncsc1CN1C[C@@H]2[C@@H](C(=O)N3CCCO3)CO[C@@H]2C1. The average molecular weight is 323 g/mol. The molecule has 0 N–H and O–H groups in total. The molecule has 3 fully saturated rings. The van der Waals surface area contributed by atoms with Gasteiger partial charge in [0.25, 0.3) is 5.91 Å². The Labute approximate surface area is 134 Å². The molecule has 0 spiro atoms. The molecule has 0 aromatic carbocycles. The van der Waals surface area contributed by atoms with Gasteiger partial charge >= 0.3 is 0 Å². The van der Waals surface area contributed by atoms with Crippen molar-refractivity contribution in [2.75, 3.05) is 32.8 Å². The van der Waals surface area contributed by atoms with Gasteiger partial charge in [0.2, 0.25) is 0 Å². The fourth-order valence-corrected chi connectivity index (χ4v) is 4.48. The van der Waals surface area contributed by atoms with Crippen LogP contribution in [-0.2, 0) is 20.9 Å². The molecule has 22 heavy (non-hydrogen) atoms. The van der Waals surface area contributed by atoms with Gasteiger partial charge in [-0.05, 0) is 13.3 Å². The highest BCUT2D eigenvalue weighted by Gasteiger charge is 2.48. The molecule has 7 heteroatoms. The first-order chi connectivity index (χ1) is 10.7. The summed E-state index contributed by atoms with van der Waals surface area (Å²) in [7, 11) is 0. The van der Waals surface area contributed by atoms with Gasteiger partial charge in [-0.1, -0.05) is 0 Å². The summed E-state index contributed by atoms with van der Waals surface area (Å²) in [6, 6.07) is 0. The lowest BCUT2D eigenvalue weighted by Crippen LogP contribution is -2.38. The van der Waals surface area contributed by atoms with Crippen LogP contribution in [0.5, 0.6) is 0 Å². The van der Waals surface area contributed by atoms with Crippen molar-refractivity contribution < 1.29 is 14.4 Å². The smallest absolute Gasteiger partial charge is 0.251 e. The van der Waals surface area contributed by atoms with Crippen LogP contribution in [0, 0.1) is 18.8 Å². The largest absolute Gasteiger partial charge is 0.376 e. The third kappa shape index (κ3) is 2.56. The van der Waals surface area contributed by atoms with Crippen molar-refractivity contribution in [3.05, 3.63) is 16.1 Å². The molecule has 0 saturated carbocycles. The maximum atomic E-state index is 12.6. The first kappa shape index (κ1) is 14.6. The molecule has 0 bridgehead atoms. The average Bonchev–Trinajstić information content (AvgIpc) is 3.24. The Hall–Kier alpha value is -1.02. The number of hydrogen-bond donors (Lipinski definition) is 0. The standard InChI is InChI=1S/C15H21N3O3S/c1-10-14(22-9-16-10)7-17-5-11-12(8-20-13(11)6-17)15(19)18-3-2-4-21-18/h9,11-13H,2-8H2,1H3/t11-,12+,13-/m1/s1. The predicted molar refractivity (Wildman–Crippen MR) is 81.1 cm³/mol. The number of aromatic nitrogens is 1. The van der Waals surface area contributed by atoms with E-state index in [1.165, 1.54) is 4.88 Å². The summed E-state index contributed by atoms with van der Waals surface area (Å²) < 4.78 is 5.89. The van der Waals surface area contributed by atoms with E-state index in [0.717, 1.165) is 38.3 Å². The molecule has 3 aliphatic rings. The number of carbonyl (C=O) groups is 1. The summed E-state index contributed by atoms with van der Waals surface area (Å²) in [6.07, 6.45) is 1.12. The Morgan fingerprint density at radius 1 is 1.50 bits per heavy atom. The van der Waals surface area contributed by atoms with Crippen LogP contribution < -0.4 is 0 Å². The first-order valence-electron chi connectivity index (χ1n) is 7.89. The van der Waals surface area contributed by atoms with Crippen molar-refractivity contribution in [2.24, 2.45) is 11.8 Å². The van der Waals surface area contributed by atoms with Gasteiger partial charge in [-0.25, -0.2) is 10.0 Å². The van der Waals surface area contributed by atoms with Crippen molar-refractivity contribution >= 4 is 17.2 Å². The first-order valence-corrected chi connectivity index (χ1v) is 8.77. The van der Waals surface area contributed by atoms with E-state index in [2.05, 4.69) is 16.8 Å². The number of hydroxylamine groups is 2. The third-order valence-electron chi connectivity index (χ3n) is 4.92. The van der Waals surface area contributed by atoms with E-state index in [4.69, 9.17) is 9.57 Å². The summed E-state index contributed by atoms with van der Waals surface area (Å²) in [5, 5.41) is 1.55. The van der Waals surface area contributed by atoms with E-state index in [-0.39, 0.29) is 17.9 Å².